The van der Waals surface area contributed by atoms with Crippen molar-refractivity contribution in [3.63, 3.8) is 0 Å². The Kier molecular flexibility index (Phi) is 6.23. The fourth-order valence-electron chi connectivity index (χ4n) is 1.53. The van der Waals surface area contributed by atoms with Crippen LogP contribution in [0.3, 0.4) is 0 Å². The normalized spacial score (nSPS) is 13.3. The molecule has 1 N–H and O–H groups in total. The summed E-state index contributed by atoms with van der Waals surface area (Å²) in [6.45, 7) is 2.44. The summed E-state index contributed by atoms with van der Waals surface area (Å²) in [5, 5.41) is 11.6. The van der Waals surface area contributed by atoms with Crippen LogP contribution < -0.4 is 5.32 Å². The van der Waals surface area contributed by atoms with E-state index in [1.54, 1.807) is 30.5 Å². The van der Waals surface area contributed by atoms with E-state index in [1.165, 1.54) is 0 Å². The molecular weight excluding hydrogens is 260 g/mol. The molecule has 4 nitrogen and oxygen atoms in total. The second-order valence-corrected chi connectivity index (χ2v) is 6.24. The van der Waals surface area contributed by atoms with Crippen molar-refractivity contribution in [3.8, 4) is 6.07 Å². The highest BCUT2D eigenvalue weighted by molar-refractivity contribution is 7.84. The highest BCUT2D eigenvalue weighted by Gasteiger charge is 2.07. The first-order chi connectivity index (χ1) is 9.02. The van der Waals surface area contributed by atoms with Gasteiger partial charge in [-0.1, -0.05) is 19.1 Å². The van der Waals surface area contributed by atoms with Crippen molar-refractivity contribution in [3.05, 3.63) is 35.4 Å². The number of hydrogen-bond donors (Lipinski definition) is 1. The topological polar surface area (TPSA) is 70.0 Å². The zero-order valence-corrected chi connectivity index (χ0v) is 12.0. The molecule has 0 saturated carbocycles. The van der Waals surface area contributed by atoms with Gasteiger partial charge in [0, 0.05) is 28.9 Å². The molecule has 1 rings (SSSR count). The Hall–Kier alpha value is -1.67. The van der Waals surface area contributed by atoms with Gasteiger partial charge in [-0.2, -0.15) is 5.26 Å². The minimum absolute atomic E-state index is 0.0567. The molecule has 0 fully saturated rings. The Balaban J connectivity index is 2.35. The van der Waals surface area contributed by atoms with Gasteiger partial charge in [-0.15, -0.1) is 0 Å². The molecule has 5 heteroatoms. The summed E-state index contributed by atoms with van der Waals surface area (Å²) in [5.41, 5.74) is 1.46. The van der Waals surface area contributed by atoms with Gasteiger partial charge in [0.05, 0.1) is 18.1 Å². The molecule has 0 aliphatic rings. The van der Waals surface area contributed by atoms with E-state index in [4.69, 9.17) is 5.26 Å². The van der Waals surface area contributed by atoms with Gasteiger partial charge in [-0.3, -0.25) is 9.00 Å². The Morgan fingerprint density at radius 2 is 2.05 bits per heavy atom. The van der Waals surface area contributed by atoms with Crippen LogP contribution in [-0.4, -0.2) is 28.2 Å². The standard InChI is InChI=1S/C14H18N2O2S/c1-11(19(2)18)7-8-16-14(17)9-12-3-5-13(10-15)6-4-12/h3-6,11H,7-9H2,1-2H3,(H,16,17). The van der Waals surface area contributed by atoms with Gasteiger partial charge in [0.1, 0.15) is 0 Å². The highest BCUT2D eigenvalue weighted by atomic mass is 32.2. The molecule has 0 aliphatic heterocycles. The van der Waals surface area contributed by atoms with Crippen molar-refractivity contribution < 1.29 is 9.00 Å². The van der Waals surface area contributed by atoms with Crippen LogP contribution in [-0.2, 0) is 22.0 Å². The molecule has 1 aromatic rings. The summed E-state index contributed by atoms with van der Waals surface area (Å²) in [7, 11) is -0.849. The van der Waals surface area contributed by atoms with Gasteiger partial charge >= 0.3 is 0 Å². The zero-order valence-electron chi connectivity index (χ0n) is 11.2. The number of benzene rings is 1. The molecule has 2 atom stereocenters. The molecule has 0 aliphatic carbocycles. The van der Waals surface area contributed by atoms with Gasteiger partial charge in [0.15, 0.2) is 0 Å². The molecule has 0 bridgehead atoms. The first kappa shape index (κ1) is 15.4. The van der Waals surface area contributed by atoms with Gasteiger partial charge in [0.25, 0.3) is 0 Å². The molecule has 1 aromatic carbocycles. The van der Waals surface area contributed by atoms with Crippen molar-refractivity contribution in [1.29, 1.82) is 5.26 Å². The van der Waals surface area contributed by atoms with E-state index in [1.807, 2.05) is 13.0 Å². The maximum atomic E-state index is 11.7. The molecule has 0 radical (unpaired) electrons. The van der Waals surface area contributed by atoms with E-state index < -0.39 is 10.8 Å². The van der Waals surface area contributed by atoms with E-state index in [0.29, 0.717) is 24.9 Å². The summed E-state index contributed by atoms with van der Waals surface area (Å²) in [5.74, 6) is -0.0567. The summed E-state index contributed by atoms with van der Waals surface area (Å²) in [6.07, 6.45) is 2.68. The van der Waals surface area contributed by atoms with Crippen LogP contribution in [0.2, 0.25) is 0 Å². The summed E-state index contributed by atoms with van der Waals surface area (Å²) in [4.78, 5) is 11.7. The Morgan fingerprint density at radius 3 is 2.58 bits per heavy atom. The van der Waals surface area contributed by atoms with Crippen LogP contribution in [0.5, 0.6) is 0 Å². The number of carbonyl (C=O) groups excluding carboxylic acids is 1. The van der Waals surface area contributed by atoms with E-state index in [9.17, 15) is 9.00 Å². The van der Waals surface area contributed by atoms with Crippen molar-refractivity contribution in [2.24, 2.45) is 0 Å². The quantitative estimate of drug-likeness (QED) is 0.854. The number of nitriles is 1. The first-order valence-corrected chi connectivity index (χ1v) is 7.73. The van der Waals surface area contributed by atoms with Crippen LogP contribution >= 0.6 is 0 Å². The van der Waals surface area contributed by atoms with Crippen molar-refractivity contribution in [1.82, 2.24) is 5.32 Å². The molecule has 0 saturated heterocycles. The van der Waals surface area contributed by atoms with E-state index in [0.717, 1.165) is 5.56 Å². The van der Waals surface area contributed by atoms with Crippen LogP contribution in [0.15, 0.2) is 24.3 Å². The number of carbonyl (C=O) groups is 1. The fourth-order valence-corrected chi connectivity index (χ4v) is 1.98. The molecule has 102 valence electrons. The fraction of sp³-hybridized carbons (Fsp3) is 0.429. The molecule has 1 amide bonds. The Bertz CT molecular complexity index is 491. The smallest absolute Gasteiger partial charge is 0.224 e. The maximum Gasteiger partial charge on any atom is 0.224 e. The van der Waals surface area contributed by atoms with Gasteiger partial charge in [0.2, 0.25) is 5.91 Å². The van der Waals surface area contributed by atoms with E-state index >= 15 is 0 Å². The summed E-state index contributed by atoms with van der Waals surface area (Å²) < 4.78 is 11.1. The van der Waals surface area contributed by atoms with E-state index in [-0.39, 0.29) is 11.2 Å². The highest BCUT2D eigenvalue weighted by Crippen LogP contribution is 2.04. The third kappa shape index (κ3) is 5.66. The van der Waals surface area contributed by atoms with Crippen LogP contribution in [0, 0.1) is 11.3 Å². The Labute approximate surface area is 116 Å². The monoisotopic (exact) mass is 278 g/mol. The van der Waals surface area contributed by atoms with Crippen molar-refractivity contribution in [2.45, 2.75) is 25.0 Å². The third-order valence-corrected chi connectivity index (χ3v) is 4.26. The number of nitrogens with zero attached hydrogens (tertiary/aromatic N) is 1. The average Bonchev–Trinajstić information content (AvgIpc) is 2.39. The second kappa shape index (κ2) is 7.70. The van der Waals surface area contributed by atoms with Crippen LogP contribution in [0.1, 0.15) is 24.5 Å². The lowest BCUT2D eigenvalue weighted by Crippen LogP contribution is -2.28. The van der Waals surface area contributed by atoms with Crippen molar-refractivity contribution in [2.75, 3.05) is 12.8 Å². The predicted molar refractivity (Wildman–Crippen MR) is 76.0 cm³/mol. The first-order valence-electron chi connectivity index (χ1n) is 6.11. The molecule has 0 aromatic heterocycles. The summed E-state index contributed by atoms with van der Waals surface area (Å²) >= 11 is 0. The molecule has 2 unspecified atom stereocenters. The van der Waals surface area contributed by atoms with Crippen LogP contribution in [0.25, 0.3) is 0 Å². The molecule has 0 spiro atoms. The number of amides is 1. The molecule has 19 heavy (non-hydrogen) atoms. The van der Waals surface area contributed by atoms with Gasteiger partial charge in [-0.25, -0.2) is 0 Å². The average molecular weight is 278 g/mol. The SMILES string of the molecule is CC(CCNC(=O)Cc1ccc(C#N)cc1)S(C)=O. The largest absolute Gasteiger partial charge is 0.356 e. The minimum atomic E-state index is -0.849. The minimum Gasteiger partial charge on any atom is -0.356 e. The number of rotatable bonds is 6. The summed E-state index contributed by atoms with van der Waals surface area (Å²) in [6, 6.07) is 8.99. The maximum absolute atomic E-state index is 11.7. The molecular formula is C14H18N2O2S. The number of nitrogens with one attached hydrogen (secondary N) is 1. The van der Waals surface area contributed by atoms with Crippen LogP contribution in [0.4, 0.5) is 0 Å². The zero-order chi connectivity index (χ0) is 14.3. The Morgan fingerprint density at radius 1 is 1.42 bits per heavy atom. The lowest BCUT2D eigenvalue weighted by Gasteiger charge is -2.09. The molecule has 0 heterocycles. The van der Waals surface area contributed by atoms with Gasteiger partial charge in [-0.05, 0) is 24.1 Å². The van der Waals surface area contributed by atoms with Gasteiger partial charge < -0.3 is 5.32 Å². The second-order valence-electron chi connectivity index (χ2n) is 4.43. The predicted octanol–water partition coefficient (Wildman–Crippen LogP) is 1.37. The number of hydrogen-bond acceptors (Lipinski definition) is 3. The van der Waals surface area contributed by atoms with E-state index in [2.05, 4.69) is 5.32 Å². The van der Waals surface area contributed by atoms with Crippen molar-refractivity contribution >= 4 is 16.7 Å². The third-order valence-electron chi connectivity index (χ3n) is 2.89. The lowest BCUT2D eigenvalue weighted by molar-refractivity contribution is -0.120. The lowest BCUT2D eigenvalue weighted by atomic mass is 10.1.